The molecule has 6 nitrogen and oxygen atoms in total. The van der Waals surface area contributed by atoms with Gasteiger partial charge in [-0.2, -0.15) is 4.72 Å². The van der Waals surface area contributed by atoms with Gasteiger partial charge < -0.3 is 11.5 Å². The first-order chi connectivity index (χ1) is 8.65. The van der Waals surface area contributed by atoms with Crippen LogP contribution in [0.1, 0.15) is 13.8 Å². The second kappa shape index (κ2) is 5.89. The fourth-order valence-corrected chi connectivity index (χ4v) is 3.83. The minimum absolute atomic E-state index is 0.0283. The smallest absolute Gasteiger partial charge is 0.242 e. The van der Waals surface area contributed by atoms with Gasteiger partial charge in [0.15, 0.2) is 0 Å². The van der Waals surface area contributed by atoms with Crippen molar-refractivity contribution < 1.29 is 13.2 Å². The van der Waals surface area contributed by atoms with Gasteiger partial charge in [0.1, 0.15) is 6.04 Å². The lowest BCUT2D eigenvalue weighted by molar-refractivity contribution is -0.120. The average Bonchev–Trinajstić information content (AvgIpc) is 2.28. The van der Waals surface area contributed by atoms with Crippen LogP contribution in [0.2, 0.25) is 0 Å². The molecule has 0 aliphatic carbocycles. The van der Waals surface area contributed by atoms with Crippen LogP contribution in [0.3, 0.4) is 0 Å². The Morgan fingerprint density at radius 1 is 1.37 bits per heavy atom. The number of amides is 1. The number of hydrogen-bond acceptors (Lipinski definition) is 4. The molecule has 5 N–H and O–H groups in total. The number of rotatable bonds is 5. The van der Waals surface area contributed by atoms with E-state index in [2.05, 4.69) is 20.7 Å². The molecule has 1 aromatic rings. The summed E-state index contributed by atoms with van der Waals surface area (Å²) in [5, 5.41) is 0. The first-order valence-electron chi connectivity index (χ1n) is 5.52. The number of halogens is 1. The predicted molar refractivity (Wildman–Crippen MR) is 76.7 cm³/mol. The van der Waals surface area contributed by atoms with Crippen LogP contribution in [0.5, 0.6) is 0 Å². The SMILES string of the molecule is CC(C)C(NS(=O)(=O)c1cc(N)ccc1Br)C(N)=O. The molecule has 0 saturated heterocycles. The number of nitrogens with two attached hydrogens (primary N) is 2. The minimum Gasteiger partial charge on any atom is -0.399 e. The standard InChI is InChI=1S/C11H16BrN3O3S/c1-6(2)10(11(14)16)15-19(17,18)9-5-7(13)3-4-8(9)12/h3-6,10,15H,13H2,1-2H3,(H2,14,16). The third kappa shape index (κ3) is 3.92. The zero-order chi connectivity index (χ0) is 14.8. The normalized spacial score (nSPS) is 13.5. The highest BCUT2D eigenvalue weighted by atomic mass is 79.9. The van der Waals surface area contributed by atoms with E-state index in [1.807, 2.05) is 0 Å². The molecular weight excluding hydrogens is 334 g/mol. The number of carbonyl (C=O) groups excluding carboxylic acids is 1. The molecule has 0 aliphatic heterocycles. The Balaban J connectivity index is 3.17. The van der Waals surface area contributed by atoms with Gasteiger partial charge in [-0.25, -0.2) is 8.42 Å². The van der Waals surface area contributed by atoms with Gasteiger partial charge in [0.05, 0.1) is 4.90 Å². The van der Waals surface area contributed by atoms with E-state index in [4.69, 9.17) is 11.5 Å². The van der Waals surface area contributed by atoms with Crippen LogP contribution >= 0.6 is 15.9 Å². The van der Waals surface area contributed by atoms with Gasteiger partial charge in [0.2, 0.25) is 15.9 Å². The molecule has 0 fully saturated rings. The molecule has 0 radical (unpaired) electrons. The molecule has 1 unspecified atom stereocenters. The molecule has 0 bridgehead atoms. The summed E-state index contributed by atoms with van der Waals surface area (Å²) in [6.07, 6.45) is 0. The van der Waals surface area contributed by atoms with Gasteiger partial charge in [0, 0.05) is 10.2 Å². The maximum absolute atomic E-state index is 12.2. The average molecular weight is 350 g/mol. The highest BCUT2D eigenvalue weighted by Gasteiger charge is 2.27. The molecule has 0 heterocycles. The van der Waals surface area contributed by atoms with Crippen LogP contribution in [0.25, 0.3) is 0 Å². The van der Waals surface area contributed by atoms with Gasteiger partial charge >= 0.3 is 0 Å². The molecular formula is C11H16BrN3O3S. The maximum atomic E-state index is 12.2. The highest BCUT2D eigenvalue weighted by molar-refractivity contribution is 9.10. The van der Waals surface area contributed by atoms with E-state index in [0.717, 1.165) is 0 Å². The third-order valence-electron chi connectivity index (χ3n) is 2.50. The number of hydrogen-bond donors (Lipinski definition) is 3. The number of anilines is 1. The molecule has 8 heteroatoms. The Hall–Kier alpha value is -1.12. The van der Waals surface area contributed by atoms with Gasteiger partial charge in [-0.1, -0.05) is 13.8 Å². The Labute approximate surface area is 120 Å². The summed E-state index contributed by atoms with van der Waals surface area (Å²) in [6, 6.07) is 3.43. The third-order valence-corrected chi connectivity index (χ3v) is 4.94. The molecule has 1 rings (SSSR count). The minimum atomic E-state index is -3.88. The van der Waals surface area contributed by atoms with Gasteiger partial charge in [-0.15, -0.1) is 0 Å². The molecule has 1 amide bonds. The van der Waals surface area contributed by atoms with Crippen molar-refractivity contribution in [1.82, 2.24) is 4.72 Å². The first kappa shape index (κ1) is 15.9. The maximum Gasteiger partial charge on any atom is 0.242 e. The van der Waals surface area contributed by atoms with Crippen LogP contribution in [0, 0.1) is 5.92 Å². The van der Waals surface area contributed by atoms with E-state index in [1.165, 1.54) is 12.1 Å². The Bertz CT molecular complexity index is 587. The lowest BCUT2D eigenvalue weighted by Gasteiger charge is -2.19. The van der Waals surface area contributed by atoms with Crippen molar-refractivity contribution in [3.05, 3.63) is 22.7 Å². The monoisotopic (exact) mass is 349 g/mol. The van der Waals surface area contributed by atoms with Crippen LogP contribution in [-0.2, 0) is 14.8 Å². The fraction of sp³-hybridized carbons (Fsp3) is 0.364. The topological polar surface area (TPSA) is 115 Å². The second-order valence-corrected chi connectivity index (χ2v) is 6.97. The first-order valence-corrected chi connectivity index (χ1v) is 7.79. The van der Waals surface area contributed by atoms with E-state index in [-0.39, 0.29) is 10.8 Å². The molecule has 0 saturated carbocycles. The molecule has 0 aromatic heterocycles. The van der Waals surface area contributed by atoms with E-state index in [0.29, 0.717) is 10.2 Å². The van der Waals surface area contributed by atoms with Crippen molar-refractivity contribution in [2.45, 2.75) is 24.8 Å². The number of sulfonamides is 1. The lowest BCUT2D eigenvalue weighted by atomic mass is 10.1. The summed E-state index contributed by atoms with van der Waals surface area (Å²) in [6.45, 7) is 3.40. The number of benzene rings is 1. The van der Waals surface area contributed by atoms with Crippen molar-refractivity contribution in [2.24, 2.45) is 11.7 Å². The summed E-state index contributed by atoms with van der Waals surface area (Å²) in [5.74, 6) is -0.981. The Morgan fingerprint density at radius 3 is 2.42 bits per heavy atom. The molecule has 0 spiro atoms. The lowest BCUT2D eigenvalue weighted by Crippen LogP contribution is -2.47. The summed E-state index contributed by atoms with van der Waals surface area (Å²) < 4.78 is 27.1. The molecule has 1 atom stereocenters. The predicted octanol–water partition coefficient (Wildman–Crippen LogP) is 0.820. The van der Waals surface area contributed by atoms with Gasteiger partial charge in [0.25, 0.3) is 0 Å². The second-order valence-electron chi connectivity index (χ2n) is 4.44. The largest absolute Gasteiger partial charge is 0.399 e. The van der Waals surface area contributed by atoms with Crippen molar-refractivity contribution >= 4 is 37.5 Å². The van der Waals surface area contributed by atoms with Crippen molar-refractivity contribution in [3.8, 4) is 0 Å². The van der Waals surface area contributed by atoms with E-state index >= 15 is 0 Å². The Morgan fingerprint density at radius 2 is 1.95 bits per heavy atom. The molecule has 106 valence electrons. The number of primary amides is 1. The highest BCUT2D eigenvalue weighted by Crippen LogP contribution is 2.24. The zero-order valence-electron chi connectivity index (χ0n) is 10.6. The van der Waals surface area contributed by atoms with Crippen molar-refractivity contribution in [3.63, 3.8) is 0 Å². The molecule has 19 heavy (non-hydrogen) atoms. The van der Waals surface area contributed by atoms with Crippen LogP contribution in [0.4, 0.5) is 5.69 Å². The number of nitrogen functional groups attached to an aromatic ring is 1. The van der Waals surface area contributed by atoms with Gasteiger partial charge in [-0.3, -0.25) is 4.79 Å². The van der Waals surface area contributed by atoms with E-state index in [9.17, 15) is 13.2 Å². The van der Waals surface area contributed by atoms with Gasteiger partial charge in [-0.05, 0) is 40.0 Å². The Kier molecular flexibility index (Phi) is 4.94. The quantitative estimate of drug-likeness (QED) is 0.682. The van der Waals surface area contributed by atoms with Crippen molar-refractivity contribution in [1.29, 1.82) is 0 Å². The van der Waals surface area contributed by atoms with Crippen LogP contribution in [-0.4, -0.2) is 20.4 Å². The number of nitrogens with one attached hydrogen (secondary N) is 1. The fourth-order valence-electron chi connectivity index (χ4n) is 1.48. The van der Waals surface area contributed by atoms with Crippen LogP contribution in [0.15, 0.2) is 27.6 Å². The molecule has 1 aromatic carbocycles. The molecule has 0 aliphatic rings. The van der Waals surface area contributed by atoms with E-state index < -0.39 is 22.0 Å². The van der Waals surface area contributed by atoms with Crippen molar-refractivity contribution in [2.75, 3.05) is 5.73 Å². The van der Waals surface area contributed by atoms with E-state index in [1.54, 1.807) is 19.9 Å². The summed E-state index contributed by atoms with van der Waals surface area (Å²) in [5.41, 5.74) is 11.1. The summed E-state index contributed by atoms with van der Waals surface area (Å²) >= 11 is 3.14. The van der Waals surface area contributed by atoms with Crippen LogP contribution < -0.4 is 16.2 Å². The number of carbonyl (C=O) groups is 1. The zero-order valence-corrected chi connectivity index (χ0v) is 13.0. The summed E-state index contributed by atoms with van der Waals surface area (Å²) in [7, 11) is -3.88. The summed E-state index contributed by atoms with van der Waals surface area (Å²) in [4.78, 5) is 11.2.